The Morgan fingerprint density at radius 3 is 2.12 bits per heavy atom. The van der Waals surface area contributed by atoms with Gasteiger partial charge in [-0.1, -0.05) is 36.9 Å². The van der Waals surface area contributed by atoms with Crippen molar-refractivity contribution in [2.24, 2.45) is 0 Å². The topological polar surface area (TPSA) is 54.0 Å². The number of carbonyl (C=O) groups excluding carboxylic acids is 1. The molecule has 0 fully saturated rings. The van der Waals surface area contributed by atoms with Gasteiger partial charge in [0.25, 0.3) is 0 Å². The van der Waals surface area contributed by atoms with Crippen molar-refractivity contribution in [1.82, 2.24) is 0 Å². The molecule has 0 unspecified atom stereocenters. The number of rotatable bonds is 9. The molecule has 0 N–H and O–H groups in total. The largest absolute Gasteiger partial charge is 0.501 e. The average Bonchev–Trinajstić information content (AvgIpc) is 2.83. The van der Waals surface area contributed by atoms with Crippen molar-refractivity contribution in [2.45, 2.75) is 0 Å². The molecule has 0 atom stereocenters. The first-order chi connectivity index (χ1) is 16.0. The van der Waals surface area contributed by atoms with Crippen molar-refractivity contribution in [3.63, 3.8) is 0 Å². The first-order valence-corrected chi connectivity index (χ1v) is 9.71. The molecule has 3 aromatic rings. The highest BCUT2D eigenvalue weighted by Crippen LogP contribution is 2.31. The monoisotopic (exact) mass is 450 g/mol. The SMILES string of the molecule is C=CC(=O)O/C=C\Oc1ccc(-c2ccc(-c3ccc(O/C=C\OC)c(F)c3)c(F)c2)cc1. The smallest absolute Gasteiger partial charge is 0.335 e. The van der Waals surface area contributed by atoms with E-state index in [2.05, 4.69) is 11.3 Å². The highest BCUT2D eigenvalue weighted by atomic mass is 19.1. The maximum atomic E-state index is 14.8. The van der Waals surface area contributed by atoms with Crippen molar-refractivity contribution >= 4 is 5.97 Å². The number of hydrogen-bond donors (Lipinski definition) is 0. The Morgan fingerprint density at radius 2 is 1.45 bits per heavy atom. The Morgan fingerprint density at radius 1 is 0.788 bits per heavy atom. The van der Waals surface area contributed by atoms with Crippen LogP contribution in [0.2, 0.25) is 0 Å². The molecule has 0 amide bonds. The summed E-state index contributed by atoms with van der Waals surface area (Å²) in [5.41, 5.74) is 2.04. The molecule has 3 rings (SSSR count). The summed E-state index contributed by atoms with van der Waals surface area (Å²) in [6, 6.07) is 15.8. The fourth-order valence-corrected chi connectivity index (χ4v) is 2.82. The van der Waals surface area contributed by atoms with Crippen LogP contribution >= 0.6 is 0 Å². The van der Waals surface area contributed by atoms with E-state index in [1.807, 2.05) is 0 Å². The minimum atomic E-state index is -0.624. The predicted molar refractivity (Wildman–Crippen MR) is 120 cm³/mol. The Hall–Kier alpha value is -4.39. The van der Waals surface area contributed by atoms with E-state index in [1.165, 1.54) is 44.1 Å². The van der Waals surface area contributed by atoms with E-state index in [1.54, 1.807) is 42.5 Å². The van der Waals surface area contributed by atoms with Crippen molar-refractivity contribution in [3.05, 3.63) is 110 Å². The zero-order chi connectivity index (χ0) is 23.6. The van der Waals surface area contributed by atoms with Gasteiger partial charge in [-0.2, -0.15) is 0 Å². The lowest BCUT2D eigenvalue weighted by Gasteiger charge is -2.09. The lowest BCUT2D eigenvalue weighted by atomic mass is 9.99. The highest BCUT2D eigenvalue weighted by molar-refractivity contribution is 5.81. The average molecular weight is 450 g/mol. The van der Waals surface area contributed by atoms with Crippen molar-refractivity contribution < 1.29 is 32.5 Å². The van der Waals surface area contributed by atoms with Gasteiger partial charge in [0.1, 0.15) is 36.6 Å². The molecule has 0 saturated carbocycles. The lowest BCUT2D eigenvalue weighted by molar-refractivity contribution is -0.132. The normalized spacial score (nSPS) is 10.9. The summed E-state index contributed by atoms with van der Waals surface area (Å²) in [5, 5.41) is 0. The molecule has 0 aliphatic rings. The molecule has 0 bridgehead atoms. The van der Waals surface area contributed by atoms with Crippen LogP contribution < -0.4 is 9.47 Å². The van der Waals surface area contributed by atoms with Gasteiger partial charge >= 0.3 is 5.97 Å². The molecule has 0 saturated heterocycles. The van der Waals surface area contributed by atoms with Crippen molar-refractivity contribution in [2.75, 3.05) is 7.11 Å². The molecule has 0 aliphatic carbocycles. The second kappa shape index (κ2) is 11.3. The molecular formula is C26H20F2O5. The Labute approximate surface area is 189 Å². The molecule has 0 aliphatic heterocycles. The number of esters is 1. The van der Waals surface area contributed by atoms with E-state index in [9.17, 15) is 13.6 Å². The van der Waals surface area contributed by atoms with Gasteiger partial charge in [0.2, 0.25) is 0 Å². The number of methoxy groups -OCH3 is 1. The summed E-state index contributed by atoms with van der Waals surface area (Å²) in [4.78, 5) is 10.9. The minimum absolute atomic E-state index is 0.0000916. The second-order valence-electron chi connectivity index (χ2n) is 6.52. The van der Waals surface area contributed by atoms with Gasteiger partial charge in [-0.25, -0.2) is 13.6 Å². The molecule has 0 spiro atoms. The second-order valence-corrected chi connectivity index (χ2v) is 6.52. The van der Waals surface area contributed by atoms with E-state index < -0.39 is 17.6 Å². The summed E-state index contributed by atoms with van der Waals surface area (Å²) in [7, 11) is 1.44. The van der Waals surface area contributed by atoms with Crippen LogP contribution in [-0.4, -0.2) is 13.1 Å². The summed E-state index contributed by atoms with van der Waals surface area (Å²) in [6.45, 7) is 3.28. The summed E-state index contributed by atoms with van der Waals surface area (Å²) in [5.74, 6) is -1.21. The summed E-state index contributed by atoms with van der Waals surface area (Å²) >= 11 is 0. The molecular weight excluding hydrogens is 430 g/mol. The first-order valence-electron chi connectivity index (χ1n) is 9.71. The fourth-order valence-electron chi connectivity index (χ4n) is 2.82. The van der Waals surface area contributed by atoms with Gasteiger partial charge in [-0.3, -0.25) is 0 Å². The third-order valence-corrected chi connectivity index (χ3v) is 4.40. The molecule has 7 heteroatoms. The van der Waals surface area contributed by atoms with E-state index >= 15 is 0 Å². The molecule has 5 nitrogen and oxygen atoms in total. The lowest BCUT2D eigenvalue weighted by Crippen LogP contribution is -1.93. The van der Waals surface area contributed by atoms with E-state index in [-0.39, 0.29) is 11.3 Å². The molecule has 0 aromatic heterocycles. The molecule has 168 valence electrons. The van der Waals surface area contributed by atoms with Crippen molar-refractivity contribution in [3.8, 4) is 33.8 Å². The number of halogens is 2. The zero-order valence-electron chi connectivity index (χ0n) is 17.7. The van der Waals surface area contributed by atoms with Crippen LogP contribution in [-0.2, 0) is 14.3 Å². The molecule has 0 radical (unpaired) electrons. The third kappa shape index (κ3) is 6.30. The van der Waals surface area contributed by atoms with Gasteiger partial charge in [0.05, 0.1) is 7.11 Å². The predicted octanol–water partition coefficient (Wildman–Crippen LogP) is 6.37. The van der Waals surface area contributed by atoms with Crippen LogP contribution in [0.1, 0.15) is 0 Å². The quantitative estimate of drug-likeness (QED) is 0.215. The van der Waals surface area contributed by atoms with Gasteiger partial charge in [0, 0.05) is 11.6 Å². The van der Waals surface area contributed by atoms with Crippen molar-refractivity contribution in [1.29, 1.82) is 0 Å². The Kier molecular flexibility index (Phi) is 7.96. The van der Waals surface area contributed by atoms with Crippen LogP contribution in [0.3, 0.4) is 0 Å². The maximum absolute atomic E-state index is 14.8. The fraction of sp³-hybridized carbons (Fsp3) is 0.0385. The molecule has 3 aromatic carbocycles. The Bertz CT molecular complexity index is 1180. The van der Waals surface area contributed by atoms with Gasteiger partial charge < -0.3 is 18.9 Å². The van der Waals surface area contributed by atoms with Crippen LogP contribution in [0, 0.1) is 11.6 Å². The van der Waals surface area contributed by atoms with E-state index in [4.69, 9.17) is 14.2 Å². The number of ether oxygens (including phenoxy) is 4. The van der Waals surface area contributed by atoms with Gasteiger partial charge in [-0.05, 0) is 47.0 Å². The van der Waals surface area contributed by atoms with Gasteiger partial charge in [-0.15, -0.1) is 0 Å². The summed E-state index contributed by atoms with van der Waals surface area (Å²) in [6.07, 6.45) is 5.82. The Balaban J connectivity index is 1.71. The number of carbonyl (C=O) groups is 1. The van der Waals surface area contributed by atoms with E-state index in [0.717, 1.165) is 17.9 Å². The van der Waals surface area contributed by atoms with Gasteiger partial charge in [0.15, 0.2) is 11.6 Å². The summed E-state index contributed by atoms with van der Waals surface area (Å²) < 4.78 is 48.9. The number of hydrogen-bond acceptors (Lipinski definition) is 5. The first kappa shape index (κ1) is 23.3. The zero-order valence-corrected chi connectivity index (χ0v) is 17.7. The molecule has 33 heavy (non-hydrogen) atoms. The molecule has 0 heterocycles. The third-order valence-electron chi connectivity index (χ3n) is 4.40. The maximum Gasteiger partial charge on any atom is 0.335 e. The number of benzene rings is 3. The highest BCUT2D eigenvalue weighted by Gasteiger charge is 2.11. The van der Waals surface area contributed by atoms with Crippen LogP contribution in [0.5, 0.6) is 11.5 Å². The minimum Gasteiger partial charge on any atom is -0.501 e. The van der Waals surface area contributed by atoms with Crippen LogP contribution in [0.15, 0.2) is 98.4 Å². The van der Waals surface area contributed by atoms with Crippen LogP contribution in [0.25, 0.3) is 22.3 Å². The standard InChI is InChI=1S/C26H20F2O5/c1-3-26(29)33-15-14-31-21-8-4-18(5-9-21)19-6-10-22(23(27)16-19)20-7-11-25(24(28)17-20)32-13-12-30-2/h3-17H,1H2,2H3/b13-12-,15-14-. The van der Waals surface area contributed by atoms with Crippen LogP contribution in [0.4, 0.5) is 8.78 Å². The van der Waals surface area contributed by atoms with E-state index in [0.29, 0.717) is 16.9 Å².